The highest BCUT2D eigenvalue weighted by Gasteiger charge is 2.37. The van der Waals surface area contributed by atoms with E-state index in [1.165, 1.54) is 6.07 Å². The Labute approximate surface area is 124 Å². The first-order valence-electron chi connectivity index (χ1n) is 7.34. The largest absolute Gasteiger partial charge is 0.478 e. The maximum Gasteiger partial charge on any atom is 0.335 e. The molecule has 3 N–H and O–H groups in total. The SMILES string of the molecule is CCC1(C(=O)Nc2ccc(C(=O)O)cc2C)CCCNC1. The Kier molecular flexibility index (Phi) is 4.63. The zero-order valence-electron chi connectivity index (χ0n) is 12.5. The van der Waals surface area contributed by atoms with Gasteiger partial charge in [-0.2, -0.15) is 0 Å². The second kappa shape index (κ2) is 6.26. The molecule has 0 saturated carbocycles. The van der Waals surface area contributed by atoms with Gasteiger partial charge in [-0.3, -0.25) is 4.79 Å². The maximum absolute atomic E-state index is 12.6. The van der Waals surface area contributed by atoms with Crippen LogP contribution in [0.4, 0.5) is 5.69 Å². The lowest BCUT2D eigenvalue weighted by atomic mass is 9.77. The van der Waals surface area contributed by atoms with Gasteiger partial charge in [0.15, 0.2) is 0 Å². The predicted octanol–water partition coefficient (Wildman–Crippen LogP) is 2.41. The van der Waals surface area contributed by atoms with Crippen molar-refractivity contribution in [2.24, 2.45) is 5.41 Å². The van der Waals surface area contributed by atoms with Crippen LogP contribution in [0.15, 0.2) is 18.2 Å². The topological polar surface area (TPSA) is 78.4 Å². The minimum Gasteiger partial charge on any atom is -0.478 e. The van der Waals surface area contributed by atoms with Crippen LogP contribution in [0.3, 0.4) is 0 Å². The Balaban J connectivity index is 2.17. The van der Waals surface area contributed by atoms with Crippen molar-refractivity contribution in [1.29, 1.82) is 0 Å². The normalized spacial score (nSPS) is 21.8. The number of anilines is 1. The van der Waals surface area contributed by atoms with Crippen LogP contribution in [0.25, 0.3) is 0 Å². The van der Waals surface area contributed by atoms with E-state index in [9.17, 15) is 9.59 Å². The first-order chi connectivity index (χ1) is 9.98. The summed E-state index contributed by atoms with van der Waals surface area (Å²) >= 11 is 0. The lowest BCUT2D eigenvalue weighted by molar-refractivity contribution is -0.126. The van der Waals surface area contributed by atoms with Crippen molar-refractivity contribution in [2.75, 3.05) is 18.4 Å². The second-order valence-electron chi connectivity index (χ2n) is 5.70. The molecule has 0 aliphatic carbocycles. The second-order valence-corrected chi connectivity index (χ2v) is 5.70. The van der Waals surface area contributed by atoms with Gasteiger partial charge in [0, 0.05) is 12.2 Å². The molecule has 0 bridgehead atoms. The number of carboxylic acid groups (broad SMARTS) is 1. The van der Waals surface area contributed by atoms with E-state index in [1.54, 1.807) is 19.1 Å². The first-order valence-corrected chi connectivity index (χ1v) is 7.34. The summed E-state index contributed by atoms with van der Waals surface area (Å²) in [5.74, 6) is -0.944. The van der Waals surface area contributed by atoms with E-state index in [1.807, 2.05) is 6.92 Å². The predicted molar refractivity (Wildman–Crippen MR) is 81.6 cm³/mol. The van der Waals surface area contributed by atoms with Crippen LogP contribution in [-0.2, 0) is 4.79 Å². The average Bonchev–Trinajstić information content (AvgIpc) is 2.49. The fourth-order valence-electron chi connectivity index (χ4n) is 2.82. The number of amides is 1. The van der Waals surface area contributed by atoms with E-state index >= 15 is 0 Å². The molecular formula is C16H22N2O3. The summed E-state index contributed by atoms with van der Waals surface area (Å²) in [7, 11) is 0. The van der Waals surface area contributed by atoms with Crippen LogP contribution in [-0.4, -0.2) is 30.1 Å². The fraction of sp³-hybridized carbons (Fsp3) is 0.500. The molecule has 1 aromatic rings. The Morgan fingerprint density at radius 2 is 2.19 bits per heavy atom. The summed E-state index contributed by atoms with van der Waals surface area (Å²) in [4.78, 5) is 23.6. The summed E-state index contributed by atoms with van der Waals surface area (Å²) in [6, 6.07) is 4.76. The number of aryl methyl sites for hydroxylation is 1. The molecule has 114 valence electrons. The Bertz CT molecular complexity index is 548. The van der Waals surface area contributed by atoms with Gasteiger partial charge in [-0.15, -0.1) is 0 Å². The van der Waals surface area contributed by atoms with E-state index in [2.05, 4.69) is 10.6 Å². The molecule has 1 saturated heterocycles. The highest BCUT2D eigenvalue weighted by Crippen LogP contribution is 2.32. The number of hydrogen-bond donors (Lipinski definition) is 3. The maximum atomic E-state index is 12.6. The summed E-state index contributed by atoms with van der Waals surface area (Å²) in [6.45, 7) is 5.50. The third-order valence-electron chi connectivity index (χ3n) is 4.35. The molecular weight excluding hydrogens is 268 g/mol. The molecule has 0 radical (unpaired) electrons. The molecule has 1 fully saturated rings. The molecule has 1 aliphatic heterocycles. The lowest BCUT2D eigenvalue weighted by Gasteiger charge is -2.35. The van der Waals surface area contributed by atoms with Crippen LogP contribution < -0.4 is 10.6 Å². The summed E-state index contributed by atoms with van der Waals surface area (Å²) < 4.78 is 0. The van der Waals surface area contributed by atoms with E-state index in [0.717, 1.165) is 31.4 Å². The average molecular weight is 290 g/mol. The Hall–Kier alpha value is -1.88. The molecule has 5 heteroatoms. The molecule has 21 heavy (non-hydrogen) atoms. The van der Waals surface area contributed by atoms with E-state index < -0.39 is 5.97 Å². The zero-order chi connectivity index (χ0) is 15.5. The smallest absolute Gasteiger partial charge is 0.335 e. The summed E-state index contributed by atoms with van der Waals surface area (Å²) in [5, 5.41) is 15.2. The quantitative estimate of drug-likeness (QED) is 0.795. The fourth-order valence-corrected chi connectivity index (χ4v) is 2.82. The highest BCUT2D eigenvalue weighted by atomic mass is 16.4. The van der Waals surface area contributed by atoms with E-state index in [-0.39, 0.29) is 16.9 Å². The first kappa shape index (κ1) is 15.5. The van der Waals surface area contributed by atoms with Crippen LogP contribution in [0, 0.1) is 12.3 Å². The van der Waals surface area contributed by atoms with E-state index in [0.29, 0.717) is 12.2 Å². The van der Waals surface area contributed by atoms with Gasteiger partial charge in [0.2, 0.25) is 5.91 Å². The molecule has 1 aliphatic rings. The molecule has 2 rings (SSSR count). The van der Waals surface area contributed by atoms with Gasteiger partial charge in [0.25, 0.3) is 0 Å². The number of carbonyl (C=O) groups excluding carboxylic acids is 1. The number of piperidine rings is 1. The molecule has 1 atom stereocenters. The van der Waals surface area contributed by atoms with Gasteiger partial charge in [-0.25, -0.2) is 4.79 Å². The number of rotatable bonds is 4. The van der Waals surface area contributed by atoms with Gasteiger partial charge in [0.05, 0.1) is 11.0 Å². The van der Waals surface area contributed by atoms with Crippen molar-refractivity contribution < 1.29 is 14.7 Å². The van der Waals surface area contributed by atoms with Gasteiger partial charge < -0.3 is 15.7 Å². The minimum atomic E-state index is -0.961. The molecule has 1 amide bonds. The summed E-state index contributed by atoms with van der Waals surface area (Å²) in [5.41, 5.74) is 1.31. The number of nitrogens with one attached hydrogen (secondary N) is 2. The van der Waals surface area contributed by atoms with Crippen molar-refractivity contribution in [3.8, 4) is 0 Å². The van der Waals surface area contributed by atoms with Crippen molar-refractivity contribution >= 4 is 17.6 Å². The van der Waals surface area contributed by atoms with Crippen LogP contribution >= 0.6 is 0 Å². The highest BCUT2D eigenvalue weighted by molar-refractivity contribution is 5.97. The summed E-state index contributed by atoms with van der Waals surface area (Å²) in [6.07, 6.45) is 2.67. The minimum absolute atomic E-state index is 0.0170. The monoisotopic (exact) mass is 290 g/mol. The van der Waals surface area contributed by atoms with Crippen molar-refractivity contribution in [1.82, 2.24) is 5.32 Å². The van der Waals surface area contributed by atoms with Crippen LogP contribution in [0.1, 0.15) is 42.1 Å². The van der Waals surface area contributed by atoms with Crippen molar-refractivity contribution in [3.63, 3.8) is 0 Å². The molecule has 1 aromatic carbocycles. The Morgan fingerprint density at radius 1 is 1.43 bits per heavy atom. The van der Waals surface area contributed by atoms with Gasteiger partial charge in [0.1, 0.15) is 0 Å². The van der Waals surface area contributed by atoms with Gasteiger partial charge >= 0.3 is 5.97 Å². The van der Waals surface area contributed by atoms with Crippen molar-refractivity contribution in [2.45, 2.75) is 33.1 Å². The molecule has 1 unspecified atom stereocenters. The van der Waals surface area contributed by atoms with Gasteiger partial charge in [-0.1, -0.05) is 6.92 Å². The number of aromatic carboxylic acids is 1. The number of carboxylic acids is 1. The Morgan fingerprint density at radius 3 is 2.71 bits per heavy atom. The van der Waals surface area contributed by atoms with Gasteiger partial charge in [-0.05, 0) is 56.5 Å². The third kappa shape index (κ3) is 3.24. The number of benzene rings is 1. The van der Waals surface area contributed by atoms with Crippen LogP contribution in [0.2, 0.25) is 0 Å². The van der Waals surface area contributed by atoms with Crippen molar-refractivity contribution in [3.05, 3.63) is 29.3 Å². The number of hydrogen-bond acceptors (Lipinski definition) is 3. The molecule has 1 heterocycles. The lowest BCUT2D eigenvalue weighted by Crippen LogP contribution is -2.47. The zero-order valence-corrected chi connectivity index (χ0v) is 12.5. The molecule has 0 spiro atoms. The third-order valence-corrected chi connectivity index (χ3v) is 4.35. The molecule has 0 aromatic heterocycles. The standard InChI is InChI=1S/C16H22N2O3/c1-3-16(7-4-8-17-10-16)15(21)18-13-6-5-12(14(19)20)9-11(13)2/h5-6,9,17H,3-4,7-8,10H2,1-2H3,(H,18,21)(H,19,20). The van der Waals surface area contributed by atoms with E-state index in [4.69, 9.17) is 5.11 Å². The van der Waals surface area contributed by atoms with Crippen LogP contribution in [0.5, 0.6) is 0 Å². The molecule has 5 nitrogen and oxygen atoms in total. The number of carbonyl (C=O) groups is 2.